The lowest BCUT2D eigenvalue weighted by atomic mass is 9.88. The summed E-state index contributed by atoms with van der Waals surface area (Å²) < 4.78 is 0. The quantitative estimate of drug-likeness (QED) is 0.630. The van der Waals surface area contributed by atoms with E-state index in [0.29, 0.717) is 6.54 Å². The van der Waals surface area contributed by atoms with Crippen LogP contribution in [-0.2, 0) is 19.4 Å². The molecule has 2 aliphatic rings. The van der Waals surface area contributed by atoms with E-state index in [9.17, 15) is 4.79 Å². The van der Waals surface area contributed by atoms with E-state index in [1.165, 1.54) is 0 Å². The van der Waals surface area contributed by atoms with Crippen LogP contribution in [0.4, 0.5) is 0 Å². The zero-order chi connectivity index (χ0) is 10.4. The molecule has 1 unspecified atom stereocenters. The Morgan fingerprint density at radius 1 is 1.53 bits per heavy atom. The van der Waals surface area contributed by atoms with E-state index in [2.05, 4.69) is 10.3 Å². The highest BCUT2D eigenvalue weighted by molar-refractivity contribution is 5.99. The second-order valence-electron chi connectivity index (χ2n) is 4.27. The predicted octanol–water partition coefficient (Wildman–Crippen LogP) is 0.141. The summed E-state index contributed by atoms with van der Waals surface area (Å²) in [6, 6.07) is 0.201. The van der Waals surface area contributed by atoms with Gasteiger partial charge in [-0.15, -0.1) is 0 Å². The molecule has 0 fully saturated rings. The maximum absolute atomic E-state index is 11.6. The van der Waals surface area contributed by atoms with Crippen molar-refractivity contribution in [3.8, 4) is 0 Å². The summed E-state index contributed by atoms with van der Waals surface area (Å²) in [5, 5.41) is 2.84. The lowest BCUT2D eigenvalue weighted by Gasteiger charge is -2.21. The first-order valence-corrected chi connectivity index (χ1v) is 5.29. The molecule has 0 saturated carbocycles. The van der Waals surface area contributed by atoms with Crippen LogP contribution in [0, 0.1) is 0 Å². The normalized spacial score (nSPS) is 23.3. The van der Waals surface area contributed by atoms with Crippen molar-refractivity contribution in [1.82, 2.24) is 10.3 Å². The Balaban J connectivity index is 2.16. The minimum atomic E-state index is 0.0547. The van der Waals surface area contributed by atoms with E-state index in [4.69, 9.17) is 5.73 Å². The highest BCUT2D eigenvalue weighted by atomic mass is 16.1. The van der Waals surface area contributed by atoms with Crippen LogP contribution in [0.2, 0.25) is 0 Å². The molecular weight excluding hydrogens is 190 g/mol. The Kier molecular flexibility index (Phi) is 1.79. The molecule has 3 rings (SSSR count). The van der Waals surface area contributed by atoms with Crippen molar-refractivity contribution in [3.05, 3.63) is 28.6 Å². The van der Waals surface area contributed by atoms with Gasteiger partial charge in [-0.1, -0.05) is 0 Å². The second-order valence-corrected chi connectivity index (χ2v) is 4.27. The molecule has 4 heteroatoms. The Morgan fingerprint density at radius 3 is 3.27 bits per heavy atom. The van der Waals surface area contributed by atoms with Gasteiger partial charge in [0.25, 0.3) is 5.91 Å². The van der Waals surface area contributed by atoms with Crippen LogP contribution in [0.3, 0.4) is 0 Å². The van der Waals surface area contributed by atoms with Crippen molar-refractivity contribution < 1.29 is 4.79 Å². The molecule has 1 aromatic heterocycles. The van der Waals surface area contributed by atoms with E-state index < -0.39 is 0 Å². The van der Waals surface area contributed by atoms with Gasteiger partial charge in [0.1, 0.15) is 0 Å². The molecule has 3 N–H and O–H groups in total. The second kappa shape index (κ2) is 3.03. The van der Waals surface area contributed by atoms with Gasteiger partial charge < -0.3 is 11.1 Å². The molecule has 0 spiro atoms. The first-order valence-electron chi connectivity index (χ1n) is 5.29. The first-order chi connectivity index (χ1) is 7.25. The molecule has 2 heterocycles. The van der Waals surface area contributed by atoms with Gasteiger partial charge in [-0.3, -0.25) is 9.78 Å². The molecule has 0 saturated heterocycles. The van der Waals surface area contributed by atoms with Crippen molar-refractivity contribution in [2.45, 2.75) is 31.8 Å². The topological polar surface area (TPSA) is 68.0 Å². The summed E-state index contributed by atoms with van der Waals surface area (Å²) in [4.78, 5) is 16.1. The van der Waals surface area contributed by atoms with E-state index >= 15 is 0 Å². The predicted molar refractivity (Wildman–Crippen MR) is 55.4 cm³/mol. The standard InChI is InChI=1S/C11H13N3O/c12-7-1-2-8-9(3-7)13-4-6-5-14-11(15)10(6)8/h4,7H,1-3,5,12H2,(H,14,15). The average Bonchev–Trinajstić information content (AvgIpc) is 2.60. The summed E-state index contributed by atoms with van der Waals surface area (Å²) in [5.41, 5.74) is 9.94. The molecule has 15 heavy (non-hydrogen) atoms. The number of nitrogens with one attached hydrogen (secondary N) is 1. The summed E-state index contributed by atoms with van der Waals surface area (Å²) in [7, 11) is 0. The number of amides is 1. The number of rotatable bonds is 0. The van der Waals surface area contributed by atoms with Crippen LogP contribution in [0.1, 0.15) is 33.6 Å². The maximum Gasteiger partial charge on any atom is 0.252 e. The molecule has 1 atom stereocenters. The molecule has 1 aromatic rings. The number of fused-ring (bicyclic) bond motifs is 3. The zero-order valence-electron chi connectivity index (χ0n) is 8.42. The van der Waals surface area contributed by atoms with Crippen LogP contribution < -0.4 is 11.1 Å². The van der Waals surface area contributed by atoms with E-state index in [-0.39, 0.29) is 11.9 Å². The number of carbonyl (C=O) groups is 1. The maximum atomic E-state index is 11.6. The van der Waals surface area contributed by atoms with Gasteiger partial charge in [0.15, 0.2) is 0 Å². The van der Waals surface area contributed by atoms with Gasteiger partial charge in [0, 0.05) is 36.5 Å². The van der Waals surface area contributed by atoms with E-state index in [1.807, 2.05) is 6.20 Å². The van der Waals surface area contributed by atoms with Crippen LogP contribution >= 0.6 is 0 Å². The molecular formula is C11H13N3O. The van der Waals surface area contributed by atoms with Crippen LogP contribution in [-0.4, -0.2) is 16.9 Å². The minimum Gasteiger partial charge on any atom is -0.348 e. The molecule has 1 aliphatic heterocycles. The fourth-order valence-corrected chi connectivity index (χ4v) is 2.44. The highest BCUT2D eigenvalue weighted by Crippen LogP contribution is 2.27. The Morgan fingerprint density at radius 2 is 2.40 bits per heavy atom. The summed E-state index contributed by atoms with van der Waals surface area (Å²) in [6.45, 7) is 0.625. The zero-order valence-corrected chi connectivity index (χ0v) is 8.42. The van der Waals surface area contributed by atoms with Gasteiger partial charge in [0.2, 0.25) is 0 Å². The monoisotopic (exact) mass is 203 g/mol. The van der Waals surface area contributed by atoms with Gasteiger partial charge in [-0.25, -0.2) is 0 Å². The van der Waals surface area contributed by atoms with E-state index in [0.717, 1.165) is 41.6 Å². The summed E-state index contributed by atoms with van der Waals surface area (Å²) >= 11 is 0. The smallest absolute Gasteiger partial charge is 0.252 e. The van der Waals surface area contributed by atoms with Crippen LogP contribution in [0.15, 0.2) is 6.20 Å². The summed E-state index contributed by atoms with van der Waals surface area (Å²) in [5.74, 6) is 0.0547. The minimum absolute atomic E-state index is 0.0547. The third kappa shape index (κ3) is 1.25. The van der Waals surface area contributed by atoms with Gasteiger partial charge in [-0.2, -0.15) is 0 Å². The van der Waals surface area contributed by atoms with Crippen LogP contribution in [0.5, 0.6) is 0 Å². The van der Waals surface area contributed by atoms with Crippen molar-refractivity contribution in [3.63, 3.8) is 0 Å². The number of carbonyl (C=O) groups excluding carboxylic acids is 1. The SMILES string of the molecule is NC1CCc2c(ncc3c2C(=O)NC3)C1. The lowest BCUT2D eigenvalue weighted by molar-refractivity contribution is 0.0964. The largest absolute Gasteiger partial charge is 0.348 e. The van der Waals surface area contributed by atoms with Gasteiger partial charge in [0.05, 0.1) is 5.56 Å². The molecule has 0 aromatic carbocycles. The van der Waals surface area contributed by atoms with E-state index in [1.54, 1.807) is 0 Å². The Labute approximate surface area is 87.9 Å². The van der Waals surface area contributed by atoms with Crippen molar-refractivity contribution >= 4 is 5.91 Å². The average molecular weight is 203 g/mol. The molecule has 1 amide bonds. The number of hydrogen-bond acceptors (Lipinski definition) is 3. The number of nitrogens with zero attached hydrogens (tertiary/aromatic N) is 1. The Hall–Kier alpha value is -1.42. The molecule has 78 valence electrons. The highest BCUT2D eigenvalue weighted by Gasteiger charge is 2.28. The van der Waals surface area contributed by atoms with Crippen LogP contribution in [0.25, 0.3) is 0 Å². The third-order valence-corrected chi connectivity index (χ3v) is 3.23. The van der Waals surface area contributed by atoms with Gasteiger partial charge in [-0.05, 0) is 18.4 Å². The van der Waals surface area contributed by atoms with Gasteiger partial charge >= 0.3 is 0 Å². The number of pyridine rings is 1. The fraction of sp³-hybridized carbons (Fsp3) is 0.455. The lowest BCUT2D eigenvalue weighted by Crippen LogP contribution is -2.29. The molecule has 4 nitrogen and oxygen atoms in total. The molecule has 0 radical (unpaired) electrons. The third-order valence-electron chi connectivity index (χ3n) is 3.23. The van der Waals surface area contributed by atoms with Crippen molar-refractivity contribution in [2.75, 3.05) is 0 Å². The number of nitrogens with two attached hydrogens (primary N) is 1. The molecule has 1 aliphatic carbocycles. The van der Waals surface area contributed by atoms with Crippen molar-refractivity contribution in [2.24, 2.45) is 5.73 Å². The Bertz CT molecular complexity index is 442. The number of aromatic nitrogens is 1. The number of hydrogen-bond donors (Lipinski definition) is 2. The summed E-state index contributed by atoms with van der Waals surface area (Å²) in [6.07, 6.45) is 4.46. The van der Waals surface area contributed by atoms with Crippen molar-refractivity contribution in [1.29, 1.82) is 0 Å². The first kappa shape index (κ1) is 8.85. The fourth-order valence-electron chi connectivity index (χ4n) is 2.44. The molecule has 0 bridgehead atoms.